The van der Waals surface area contributed by atoms with E-state index in [0.717, 1.165) is 0 Å². The van der Waals surface area contributed by atoms with Crippen LogP contribution in [0.5, 0.6) is 0 Å². The molecule has 0 bridgehead atoms. The van der Waals surface area contributed by atoms with Gasteiger partial charge in [0.15, 0.2) is 5.78 Å². The molecule has 1 aliphatic carbocycles. The average Bonchev–Trinajstić information content (AvgIpc) is 2.77. The first-order valence-electron chi connectivity index (χ1n) is 8.26. The van der Waals surface area contributed by atoms with Crippen molar-refractivity contribution >= 4 is 17.7 Å². The molecule has 0 aromatic heterocycles. The Kier molecular flexibility index (Phi) is 5.32. The van der Waals surface area contributed by atoms with Crippen LogP contribution in [0.15, 0.2) is 36.0 Å². The zero-order valence-electron chi connectivity index (χ0n) is 14.9. The molecule has 0 aromatic carbocycles. The number of esters is 2. The van der Waals surface area contributed by atoms with E-state index in [0.29, 0.717) is 5.57 Å². The van der Waals surface area contributed by atoms with Gasteiger partial charge in [0.05, 0.1) is 17.4 Å². The molecule has 3 unspecified atom stereocenters. The molecule has 1 saturated heterocycles. The Morgan fingerprint density at radius 3 is 2.68 bits per heavy atom. The summed E-state index contributed by atoms with van der Waals surface area (Å²) in [6, 6.07) is 0. The van der Waals surface area contributed by atoms with E-state index < -0.39 is 35.7 Å². The Morgan fingerprint density at radius 1 is 1.44 bits per heavy atom. The number of aliphatic hydroxyl groups is 1. The Morgan fingerprint density at radius 2 is 2.08 bits per heavy atom. The second-order valence-electron chi connectivity index (χ2n) is 7.16. The van der Waals surface area contributed by atoms with E-state index in [-0.39, 0.29) is 23.7 Å². The average molecular weight is 348 g/mol. The molecule has 6 nitrogen and oxygen atoms in total. The summed E-state index contributed by atoms with van der Waals surface area (Å²) in [4.78, 5) is 36.2. The van der Waals surface area contributed by atoms with Gasteiger partial charge in [0.2, 0.25) is 0 Å². The van der Waals surface area contributed by atoms with Gasteiger partial charge in [0, 0.05) is 12.0 Å². The number of carbonyl (C=O) groups is 3. The number of ketones is 1. The van der Waals surface area contributed by atoms with Crippen LogP contribution in [0.1, 0.15) is 34.1 Å². The van der Waals surface area contributed by atoms with Crippen LogP contribution in [0.25, 0.3) is 0 Å². The molecule has 25 heavy (non-hydrogen) atoms. The van der Waals surface area contributed by atoms with Gasteiger partial charge in [-0.05, 0) is 37.6 Å². The highest BCUT2D eigenvalue weighted by molar-refractivity contribution is 6.03. The molecule has 1 N–H and O–H groups in total. The van der Waals surface area contributed by atoms with Gasteiger partial charge >= 0.3 is 11.9 Å². The summed E-state index contributed by atoms with van der Waals surface area (Å²) in [6.07, 6.45) is 2.64. The molecule has 2 aliphatic rings. The van der Waals surface area contributed by atoms with Crippen LogP contribution in [0.2, 0.25) is 0 Å². The summed E-state index contributed by atoms with van der Waals surface area (Å²) in [7, 11) is 0. The standard InChI is InChI=1S/C19H24O6/c1-10(2)17(21)25-15-9-19(5,23)7-6-13(20)11(3)8-14-16(15)12(4)18(22)24-14/h6-8,10,14-16,23H,4,9H2,1-3,5H3/b7-6+,11-8-/t14-,15?,16?,19?/m0/s1. The molecule has 1 heterocycles. The first-order valence-corrected chi connectivity index (χ1v) is 8.26. The first kappa shape index (κ1) is 19.1. The first-order chi connectivity index (χ1) is 11.5. The van der Waals surface area contributed by atoms with Gasteiger partial charge in [-0.15, -0.1) is 0 Å². The maximum Gasteiger partial charge on any atom is 0.334 e. The Balaban J connectivity index is 2.49. The van der Waals surface area contributed by atoms with E-state index in [1.807, 2.05) is 0 Å². The van der Waals surface area contributed by atoms with Crippen LogP contribution >= 0.6 is 0 Å². The van der Waals surface area contributed by atoms with E-state index >= 15 is 0 Å². The Labute approximate surface area is 147 Å². The maximum absolute atomic E-state index is 12.1. The van der Waals surface area contributed by atoms with Crippen molar-refractivity contribution in [2.75, 3.05) is 0 Å². The molecular weight excluding hydrogens is 324 g/mol. The fourth-order valence-corrected chi connectivity index (χ4v) is 2.90. The summed E-state index contributed by atoms with van der Waals surface area (Å²) < 4.78 is 10.9. The monoisotopic (exact) mass is 348 g/mol. The Bertz CT molecular complexity index is 667. The van der Waals surface area contributed by atoms with Crippen LogP contribution in [0.3, 0.4) is 0 Å². The van der Waals surface area contributed by atoms with E-state index in [1.54, 1.807) is 26.8 Å². The van der Waals surface area contributed by atoms with Crippen molar-refractivity contribution in [1.29, 1.82) is 0 Å². The number of hydrogen-bond acceptors (Lipinski definition) is 6. The van der Waals surface area contributed by atoms with Crippen molar-refractivity contribution in [1.82, 2.24) is 0 Å². The number of carbonyl (C=O) groups excluding carboxylic acids is 3. The molecule has 0 spiro atoms. The van der Waals surface area contributed by atoms with Gasteiger partial charge in [-0.2, -0.15) is 0 Å². The van der Waals surface area contributed by atoms with Crippen molar-refractivity contribution in [3.8, 4) is 0 Å². The lowest BCUT2D eigenvalue weighted by atomic mass is 9.82. The number of allylic oxidation sites excluding steroid dienone is 2. The third kappa shape index (κ3) is 4.25. The molecule has 2 rings (SSSR count). The minimum Gasteiger partial charge on any atom is -0.461 e. The van der Waals surface area contributed by atoms with Gasteiger partial charge in [-0.25, -0.2) is 4.79 Å². The lowest BCUT2D eigenvalue weighted by Crippen LogP contribution is -2.40. The highest BCUT2D eigenvalue weighted by Crippen LogP contribution is 2.37. The van der Waals surface area contributed by atoms with Crippen molar-refractivity contribution < 1.29 is 29.0 Å². The van der Waals surface area contributed by atoms with Crippen LogP contribution < -0.4 is 0 Å². The van der Waals surface area contributed by atoms with Gasteiger partial charge in [0.25, 0.3) is 0 Å². The fraction of sp³-hybridized carbons (Fsp3) is 0.526. The summed E-state index contributed by atoms with van der Waals surface area (Å²) >= 11 is 0. The van der Waals surface area contributed by atoms with Crippen LogP contribution in [-0.2, 0) is 23.9 Å². The summed E-state index contributed by atoms with van der Waals surface area (Å²) in [6.45, 7) is 10.3. The van der Waals surface area contributed by atoms with E-state index in [2.05, 4.69) is 6.58 Å². The minimum atomic E-state index is -1.40. The zero-order valence-corrected chi connectivity index (χ0v) is 14.9. The van der Waals surface area contributed by atoms with Crippen LogP contribution in [-0.4, -0.2) is 40.6 Å². The van der Waals surface area contributed by atoms with Gasteiger partial charge in [-0.3, -0.25) is 9.59 Å². The maximum atomic E-state index is 12.1. The van der Waals surface area contributed by atoms with E-state index in [4.69, 9.17) is 9.47 Å². The minimum absolute atomic E-state index is 0.0129. The quantitative estimate of drug-likeness (QED) is 0.605. The summed E-state index contributed by atoms with van der Waals surface area (Å²) in [5, 5.41) is 10.6. The topological polar surface area (TPSA) is 89.9 Å². The predicted molar refractivity (Wildman–Crippen MR) is 90.4 cm³/mol. The zero-order chi connectivity index (χ0) is 18.9. The molecule has 0 radical (unpaired) electrons. The van der Waals surface area contributed by atoms with Gasteiger partial charge in [0.1, 0.15) is 12.2 Å². The number of hydrogen-bond donors (Lipinski definition) is 1. The largest absolute Gasteiger partial charge is 0.461 e. The lowest BCUT2D eigenvalue weighted by Gasteiger charge is -2.32. The molecule has 0 saturated carbocycles. The predicted octanol–water partition coefficient (Wildman–Crippen LogP) is 1.88. The number of fused-ring (bicyclic) bond motifs is 1. The fourth-order valence-electron chi connectivity index (χ4n) is 2.90. The lowest BCUT2D eigenvalue weighted by molar-refractivity contribution is -0.158. The van der Waals surface area contributed by atoms with Crippen molar-refractivity contribution in [3.05, 3.63) is 36.0 Å². The van der Waals surface area contributed by atoms with Crippen molar-refractivity contribution in [2.24, 2.45) is 11.8 Å². The normalized spacial score (nSPS) is 36.3. The molecule has 1 aliphatic heterocycles. The van der Waals surface area contributed by atoms with Crippen molar-refractivity contribution in [3.63, 3.8) is 0 Å². The Hall–Kier alpha value is -2.21. The third-order valence-electron chi connectivity index (χ3n) is 4.41. The number of rotatable bonds is 2. The second kappa shape index (κ2) is 6.96. The SMILES string of the molecule is C=C1C(=O)O[C@H]2/C=C(/C)C(=O)/C=C/C(C)(O)CC(OC(=O)C(C)C)C12. The molecule has 136 valence electrons. The summed E-state index contributed by atoms with van der Waals surface area (Å²) in [5.74, 6) is -2.34. The number of ether oxygens (including phenoxy) is 2. The molecule has 0 aromatic rings. The molecule has 4 atom stereocenters. The summed E-state index contributed by atoms with van der Waals surface area (Å²) in [5.41, 5.74) is -0.852. The highest BCUT2D eigenvalue weighted by Gasteiger charge is 2.46. The van der Waals surface area contributed by atoms with Gasteiger partial charge < -0.3 is 14.6 Å². The van der Waals surface area contributed by atoms with Gasteiger partial charge in [-0.1, -0.05) is 20.4 Å². The van der Waals surface area contributed by atoms with E-state index in [1.165, 1.54) is 19.1 Å². The van der Waals surface area contributed by atoms with Crippen LogP contribution in [0.4, 0.5) is 0 Å². The molecule has 0 amide bonds. The third-order valence-corrected chi connectivity index (χ3v) is 4.41. The molecular formula is C19H24O6. The highest BCUT2D eigenvalue weighted by atomic mass is 16.6. The van der Waals surface area contributed by atoms with Crippen molar-refractivity contribution in [2.45, 2.75) is 51.9 Å². The second-order valence-corrected chi connectivity index (χ2v) is 7.16. The molecule has 1 fully saturated rings. The smallest absolute Gasteiger partial charge is 0.334 e. The molecule has 6 heteroatoms. The van der Waals surface area contributed by atoms with Crippen LogP contribution in [0, 0.1) is 11.8 Å². The van der Waals surface area contributed by atoms with E-state index in [9.17, 15) is 19.5 Å².